The van der Waals surface area contributed by atoms with Gasteiger partial charge in [-0.3, -0.25) is 24.0 Å². The van der Waals surface area contributed by atoms with Gasteiger partial charge in [-0.2, -0.15) is 0 Å². The number of benzene rings is 2. The average molecular weight is 444 g/mol. The molecule has 1 aliphatic rings. The predicted molar refractivity (Wildman–Crippen MR) is 116 cm³/mol. The Kier molecular flexibility index (Phi) is 6.74. The first-order chi connectivity index (χ1) is 14.7. The van der Waals surface area contributed by atoms with Crippen LogP contribution in [0, 0.1) is 13.8 Å². The minimum Gasteiger partial charge on any atom is -0.352 e. The van der Waals surface area contributed by atoms with E-state index in [1.54, 1.807) is 12.1 Å². The monoisotopic (exact) mass is 443 g/mol. The van der Waals surface area contributed by atoms with Crippen molar-refractivity contribution in [2.75, 3.05) is 17.8 Å². The number of likely N-dealkylation sites (tertiary alicyclic amines) is 1. The summed E-state index contributed by atoms with van der Waals surface area (Å²) in [5, 5.41) is 2.71. The first kappa shape index (κ1) is 22.5. The number of nitrogens with zero attached hydrogens (tertiary/aromatic N) is 1. The molecule has 0 bridgehead atoms. The van der Waals surface area contributed by atoms with Crippen molar-refractivity contribution in [3.8, 4) is 0 Å². The molecule has 164 valence electrons. The van der Waals surface area contributed by atoms with Gasteiger partial charge >= 0.3 is 0 Å². The molecular weight excluding hydrogens is 418 g/mol. The van der Waals surface area contributed by atoms with Gasteiger partial charge in [-0.25, -0.2) is 8.42 Å². The summed E-state index contributed by atoms with van der Waals surface area (Å²) in [6.07, 6.45) is 0.951. The van der Waals surface area contributed by atoms with Crippen LogP contribution in [-0.4, -0.2) is 44.1 Å². The number of imide groups is 1. The van der Waals surface area contributed by atoms with E-state index in [1.165, 1.54) is 29.2 Å². The van der Waals surface area contributed by atoms with E-state index in [9.17, 15) is 22.8 Å². The summed E-state index contributed by atoms with van der Waals surface area (Å²) >= 11 is 0. The Balaban J connectivity index is 1.56. The lowest BCUT2D eigenvalue weighted by molar-refractivity contribution is -0.138. The van der Waals surface area contributed by atoms with Crippen LogP contribution in [0.4, 0.5) is 5.69 Å². The van der Waals surface area contributed by atoms with Crippen molar-refractivity contribution in [3.63, 3.8) is 0 Å². The summed E-state index contributed by atoms with van der Waals surface area (Å²) < 4.78 is 27.9. The first-order valence-corrected chi connectivity index (χ1v) is 11.5. The zero-order valence-corrected chi connectivity index (χ0v) is 18.3. The van der Waals surface area contributed by atoms with Crippen LogP contribution in [0.15, 0.2) is 47.4 Å². The molecule has 1 heterocycles. The third kappa shape index (κ3) is 5.29. The molecule has 1 saturated heterocycles. The third-order valence-electron chi connectivity index (χ3n) is 5.27. The predicted octanol–water partition coefficient (Wildman–Crippen LogP) is 2.37. The standard InChI is InChI=1S/C22H25N3O5S/c1-15-5-3-6-19(16(15)2)24-31(29,30)18-9-7-17(8-10-18)22(28)23-13-4-14-25-20(26)11-12-21(25)27/h3,5-10,24H,4,11-14H2,1-2H3,(H,23,28). The molecule has 1 aliphatic heterocycles. The Morgan fingerprint density at radius 2 is 1.65 bits per heavy atom. The number of amides is 3. The molecule has 0 atom stereocenters. The summed E-state index contributed by atoms with van der Waals surface area (Å²) in [6, 6.07) is 11.0. The van der Waals surface area contributed by atoms with Crippen LogP contribution in [-0.2, 0) is 19.6 Å². The van der Waals surface area contributed by atoms with Crippen LogP contribution >= 0.6 is 0 Å². The van der Waals surface area contributed by atoms with Gasteiger partial charge in [0.1, 0.15) is 0 Å². The molecule has 0 saturated carbocycles. The zero-order chi connectivity index (χ0) is 22.6. The molecule has 31 heavy (non-hydrogen) atoms. The van der Waals surface area contributed by atoms with E-state index < -0.39 is 10.0 Å². The van der Waals surface area contributed by atoms with E-state index in [2.05, 4.69) is 10.0 Å². The number of hydrogen-bond donors (Lipinski definition) is 2. The van der Waals surface area contributed by atoms with E-state index in [0.717, 1.165) is 11.1 Å². The van der Waals surface area contributed by atoms with Crippen LogP contribution in [0.5, 0.6) is 0 Å². The van der Waals surface area contributed by atoms with E-state index in [-0.39, 0.29) is 42.0 Å². The van der Waals surface area contributed by atoms with Gasteiger partial charge in [-0.15, -0.1) is 0 Å². The smallest absolute Gasteiger partial charge is 0.261 e. The number of carbonyl (C=O) groups excluding carboxylic acids is 3. The largest absolute Gasteiger partial charge is 0.352 e. The van der Waals surface area contributed by atoms with Crippen molar-refractivity contribution in [2.45, 2.75) is 38.0 Å². The molecule has 2 aromatic carbocycles. The lowest BCUT2D eigenvalue weighted by Crippen LogP contribution is -2.33. The summed E-state index contributed by atoms with van der Waals surface area (Å²) in [5.74, 6) is -0.712. The lowest BCUT2D eigenvalue weighted by atomic mass is 10.1. The van der Waals surface area contributed by atoms with Crippen molar-refractivity contribution in [2.24, 2.45) is 0 Å². The summed E-state index contributed by atoms with van der Waals surface area (Å²) in [7, 11) is -3.79. The summed E-state index contributed by atoms with van der Waals surface area (Å²) in [6.45, 7) is 4.32. The molecule has 1 fully saturated rings. The Morgan fingerprint density at radius 1 is 1.00 bits per heavy atom. The maximum absolute atomic E-state index is 12.7. The third-order valence-corrected chi connectivity index (χ3v) is 6.66. The van der Waals surface area contributed by atoms with Crippen LogP contribution in [0.1, 0.15) is 40.7 Å². The van der Waals surface area contributed by atoms with Gasteiger partial charge in [0.25, 0.3) is 15.9 Å². The van der Waals surface area contributed by atoms with Gasteiger partial charge < -0.3 is 5.32 Å². The van der Waals surface area contributed by atoms with E-state index in [1.807, 2.05) is 19.9 Å². The number of hydrogen-bond acceptors (Lipinski definition) is 5. The quantitative estimate of drug-likeness (QED) is 0.480. The van der Waals surface area contributed by atoms with Gasteiger partial charge in [0, 0.05) is 31.5 Å². The normalized spacial score (nSPS) is 14.1. The van der Waals surface area contributed by atoms with Crippen molar-refractivity contribution in [1.82, 2.24) is 10.2 Å². The topological polar surface area (TPSA) is 113 Å². The molecule has 3 amide bonds. The van der Waals surface area contributed by atoms with Gasteiger partial charge in [0.2, 0.25) is 11.8 Å². The molecule has 0 spiro atoms. The van der Waals surface area contributed by atoms with Gasteiger partial charge in [-0.05, 0) is 61.7 Å². The van der Waals surface area contributed by atoms with Crippen LogP contribution in [0.3, 0.4) is 0 Å². The highest BCUT2D eigenvalue weighted by atomic mass is 32.2. The molecule has 3 rings (SSSR count). The first-order valence-electron chi connectivity index (χ1n) is 9.99. The number of sulfonamides is 1. The van der Waals surface area contributed by atoms with Crippen LogP contribution in [0.2, 0.25) is 0 Å². The molecule has 0 aromatic heterocycles. The zero-order valence-electron chi connectivity index (χ0n) is 17.5. The highest BCUT2D eigenvalue weighted by Crippen LogP contribution is 2.22. The van der Waals surface area contributed by atoms with Gasteiger partial charge in [0.05, 0.1) is 10.6 Å². The summed E-state index contributed by atoms with van der Waals surface area (Å²) in [5.41, 5.74) is 2.65. The highest BCUT2D eigenvalue weighted by molar-refractivity contribution is 7.92. The van der Waals surface area contributed by atoms with Crippen LogP contribution in [0.25, 0.3) is 0 Å². The summed E-state index contributed by atoms with van der Waals surface area (Å²) in [4.78, 5) is 36.7. The molecular formula is C22H25N3O5S. The van der Waals surface area contributed by atoms with Gasteiger partial charge in [0.15, 0.2) is 0 Å². The van der Waals surface area contributed by atoms with Crippen molar-refractivity contribution in [3.05, 3.63) is 59.2 Å². The number of carbonyl (C=O) groups is 3. The Morgan fingerprint density at radius 3 is 2.29 bits per heavy atom. The second kappa shape index (κ2) is 9.30. The maximum Gasteiger partial charge on any atom is 0.261 e. The Bertz CT molecular complexity index is 1090. The Hall–Kier alpha value is -3.20. The average Bonchev–Trinajstić information content (AvgIpc) is 3.06. The molecule has 0 unspecified atom stereocenters. The molecule has 0 aliphatic carbocycles. The van der Waals surface area contributed by atoms with E-state index >= 15 is 0 Å². The number of anilines is 1. The lowest BCUT2D eigenvalue weighted by Gasteiger charge is -2.14. The van der Waals surface area contributed by atoms with Crippen molar-refractivity contribution in [1.29, 1.82) is 0 Å². The number of aryl methyl sites for hydroxylation is 1. The maximum atomic E-state index is 12.7. The molecule has 9 heteroatoms. The minimum absolute atomic E-state index is 0.0519. The number of nitrogens with one attached hydrogen (secondary N) is 2. The number of rotatable bonds is 8. The van der Waals surface area contributed by atoms with E-state index in [4.69, 9.17) is 0 Å². The van der Waals surface area contributed by atoms with E-state index in [0.29, 0.717) is 24.2 Å². The fraction of sp³-hybridized carbons (Fsp3) is 0.318. The van der Waals surface area contributed by atoms with Crippen LogP contribution < -0.4 is 10.0 Å². The van der Waals surface area contributed by atoms with Crippen molar-refractivity contribution < 1.29 is 22.8 Å². The highest BCUT2D eigenvalue weighted by Gasteiger charge is 2.28. The molecule has 0 radical (unpaired) electrons. The minimum atomic E-state index is -3.79. The Labute approximate surface area is 181 Å². The fourth-order valence-electron chi connectivity index (χ4n) is 3.26. The SMILES string of the molecule is Cc1cccc(NS(=O)(=O)c2ccc(C(=O)NCCCN3C(=O)CCC3=O)cc2)c1C. The second-order valence-corrected chi connectivity index (χ2v) is 9.11. The molecule has 8 nitrogen and oxygen atoms in total. The second-order valence-electron chi connectivity index (χ2n) is 7.43. The van der Waals surface area contributed by atoms with Gasteiger partial charge in [-0.1, -0.05) is 12.1 Å². The molecule has 2 N–H and O–H groups in total. The van der Waals surface area contributed by atoms with Crippen molar-refractivity contribution >= 4 is 33.4 Å². The molecule has 2 aromatic rings. The fourth-order valence-corrected chi connectivity index (χ4v) is 4.39.